The van der Waals surface area contributed by atoms with Crippen LogP contribution in [0.3, 0.4) is 0 Å². The molecule has 100 valence electrons. The highest BCUT2D eigenvalue weighted by molar-refractivity contribution is 5.46. The second-order valence-electron chi connectivity index (χ2n) is 4.81. The van der Waals surface area contributed by atoms with Crippen LogP contribution in [0.5, 0.6) is 0 Å². The molecular weight excluding hydrogens is 236 g/mol. The molecule has 0 aliphatic heterocycles. The average molecular weight is 256 g/mol. The maximum atomic E-state index is 5.62. The Bertz CT molecular complexity index is 566. The van der Waals surface area contributed by atoms with Gasteiger partial charge in [0.05, 0.1) is 12.2 Å². The third-order valence-electron chi connectivity index (χ3n) is 3.05. The van der Waals surface area contributed by atoms with E-state index in [1.54, 1.807) is 0 Å². The highest BCUT2D eigenvalue weighted by Gasteiger charge is 2.08. The van der Waals surface area contributed by atoms with Crippen LogP contribution < -0.4 is 10.6 Å². The number of hydrogen-bond acceptors (Lipinski definition) is 4. The van der Waals surface area contributed by atoms with Gasteiger partial charge in [-0.25, -0.2) is 4.98 Å². The van der Waals surface area contributed by atoms with E-state index in [1.165, 1.54) is 0 Å². The molecule has 0 aliphatic rings. The summed E-state index contributed by atoms with van der Waals surface area (Å²) in [6.07, 6.45) is 1.84. The Balaban J connectivity index is 2.18. The third-order valence-corrected chi connectivity index (χ3v) is 3.05. The van der Waals surface area contributed by atoms with Crippen molar-refractivity contribution in [2.45, 2.75) is 26.9 Å². The van der Waals surface area contributed by atoms with E-state index in [2.05, 4.69) is 27.9 Å². The normalized spacial score (nSPS) is 10.5. The monoisotopic (exact) mass is 256 g/mol. The van der Waals surface area contributed by atoms with Crippen LogP contribution in [-0.4, -0.2) is 17.0 Å². The van der Waals surface area contributed by atoms with Gasteiger partial charge >= 0.3 is 0 Å². The lowest BCUT2D eigenvalue weighted by Crippen LogP contribution is -2.20. The van der Waals surface area contributed by atoms with Crippen molar-refractivity contribution in [3.8, 4) is 0 Å². The lowest BCUT2D eigenvalue weighted by atomic mass is 10.2. The summed E-state index contributed by atoms with van der Waals surface area (Å²) >= 11 is 0. The molecule has 2 N–H and O–H groups in total. The molecule has 0 unspecified atom stereocenters. The molecule has 0 saturated carbocycles. The number of nitrogens with two attached hydrogens (primary N) is 1. The Hall–Kier alpha value is -1.94. The van der Waals surface area contributed by atoms with Crippen LogP contribution in [0.4, 0.5) is 5.82 Å². The second kappa shape index (κ2) is 5.80. The van der Waals surface area contributed by atoms with Crippen LogP contribution in [0.2, 0.25) is 0 Å². The van der Waals surface area contributed by atoms with Crippen molar-refractivity contribution in [1.82, 2.24) is 9.97 Å². The first kappa shape index (κ1) is 13.5. The lowest BCUT2D eigenvalue weighted by Gasteiger charge is -2.20. The molecule has 0 amide bonds. The molecule has 0 saturated heterocycles. The summed E-state index contributed by atoms with van der Waals surface area (Å²) in [7, 11) is 2.03. The quantitative estimate of drug-likeness (QED) is 0.911. The van der Waals surface area contributed by atoms with Crippen LogP contribution in [0.1, 0.15) is 22.5 Å². The number of rotatable bonds is 4. The second-order valence-corrected chi connectivity index (χ2v) is 4.81. The predicted molar refractivity (Wildman–Crippen MR) is 77.9 cm³/mol. The number of aryl methyl sites for hydroxylation is 2. The molecule has 19 heavy (non-hydrogen) atoms. The molecule has 0 spiro atoms. The first-order valence-electron chi connectivity index (χ1n) is 6.39. The Morgan fingerprint density at radius 2 is 2.05 bits per heavy atom. The van der Waals surface area contributed by atoms with E-state index in [0.29, 0.717) is 6.54 Å². The van der Waals surface area contributed by atoms with E-state index < -0.39 is 0 Å². The lowest BCUT2D eigenvalue weighted by molar-refractivity contribution is 0.851. The number of nitrogens with zero attached hydrogens (tertiary/aromatic N) is 3. The molecule has 0 fully saturated rings. The summed E-state index contributed by atoms with van der Waals surface area (Å²) in [5.74, 6) is 0.973. The minimum absolute atomic E-state index is 0.525. The van der Waals surface area contributed by atoms with E-state index in [0.717, 1.165) is 34.9 Å². The first-order valence-corrected chi connectivity index (χ1v) is 6.39. The maximum Gasteiger partial charge on any atom is 0.131 e. The van der Waals surface area contributed by atoms with Gasteiger partial charge in [0.25, 0.3) is 0 Å². The molecule has 2 heterocycles. The average Bonchev–Trinajstić information content (AvgIpc) is 2.38. The summed E-state index contributed by atoms with van der Waals surface area (Å²) in [5, 5.41) is 0. The van der Waals surface area contributed by atoms with Gasteiger partial charge in [-0.1, -0.05) is 6.07 Å². The van der Waals surface area contributed by atoms with Gasteiger partial charge in [-0.3, -0.25) is 4.98 Å². The van der Waals surface area contributed by atoms with Gasteiger partial charge in [0, 0.05) is 25.5 Å². The van der Waals surface area contributed by atoms with Gasteiger partial charge in [0.1, 0.15) is 5.82 Å². The van der Waals surface area contributed by atoms with Gasteiger partial charge in [-0.2, -0.15) is 0 Å². The molecule has 2 rings (SSSR count). The van der Waals surface area contributed by atoms with Crippen LogP contribution in [0, 0.1) is 13.8 Å². The minimum Gasteiger partial charge on any atom is -0.354 e. The van der Waals surface area contributed by atoms with E-state index in [1.807, 2.05) is 38.4 Å². The van der Waals surface area contributed by atoms with Gasteiger partial charge in [-0.15, -0.1) is 0 Å². The molecule has 0 atom stereocenters. The Morgan fingerprint density at radius 1 is 1.26 bits per heavy atom. The topological polar surface area (TPSA) is 55.0 Å². The maximum absolute atomic E-state index is 5.62. The number of anilines is 1. The van der Waals surface area contributed by atoms with Crippen molar-refractivity contribution in [3.63, 3.8) is 0 Å². The largest absolute Gasteiger partial charge is 0.354 e. The fraction of sp³-hybridized carbons (Fsp3) is 0.333. The molecule has 4 heteroatoms. The number of pyridine rings is 2. The number of hydrogen-bond donors (Lipinski definition) is 1. The molecule has 0 bridgehead atoms. The van der Waals surface area contributed by atoms with Gasteiger partial charge in [0.2, 0.25) is 0 Å². The van der Waals surface area contributed by atoms with E-state index in [-0.39, 0.29) is 0 Å². The van der Waals surface area contributed by atoms with Crippen LogP contribution in [-0.2, 0) is 13.1 Å². The van der Waals surface area contributed by atoms with Crippen molar-refractivity contribution in [2.75, 3.05) is 11.9 Å². The zero-order chi connectivity index (χ0) is 13.8. The summed E-state index contributed by atoms with van der Waals surface area (Å²) in [4.78, 5) is 11.1. The minimum atomic E-state index is 0.525. The summed E-state index contributed by atoms with van der Waals surface area (Å²) in [6.45, 7) is 5.33. The molecule has 4 nitrogen and oxygen atoms in total. The fourth-order valence-electron chi connectivity index (χ4n) is 2.14. The third kappa shape index (κ3) is 3.29. The van der Waals surface area contributed by atoms with Gasteiger partial charge in [-0.05, 0) is 43.2 Å². The van der Waals surface area contributed by atoms with E-state index in [4.69, 9.17) is 5.73 Å². The summed E-state index contributed by atoms with van der Waals surface area (Å²) in [5.41, 5.74) is 9.90. The molecule has 0 radical (unpaired) electrons. The smallest absolute Gasteiger partial charge is 0.131 e. The SMILES string of the molecule is Cc1cccc(CN(C)c2ncc(CN)cc2C)n1. The van der Waals surface area contributed by atoms with Crippen LogP contribution >= 0.6 is 0 Å². The highest BCUT2D eigenvalue weighted by Crippen LogP contribution is 2.18. The Labute approximate surface area is 114 Å². The zero-order valence-electron chi connectivity index (χ0n) is 11.7. The van der Waals surface area contributed by atoms with E-state index in [9.17, 15) is 0 Å². The summed E-state index contributed by atoms with van der Waals surface area (Å²) < 4.78 is 0. The Kier molecular flexibility index (Phi) is 4.12. The molecule has 0 aromatic carbocycles. The molecule has 2 aromatic heterocycles. The van der Waals surface area contributed by atoms with Crippen LogP contribution in [0.15, 0.2) is 30.5 Å². The van der Waals surface area contributed by atoms with Crippen molar-refractivity contribution < 1.29 is 0 Å². The summed E-state index contributed by atoms with van der Waals surface area (Å²) in [6, 6.07) is 8.15. The molecule has 0 aliphatic carbocycles. The molecule has 2 aromatic rings. The standard InChI is InChI=1S/C15H20N4/c1-11-7-13(8-16)9-17-15(11)19(3)10-14-6-4-5-12(2)18-14/h4-7,9H,8,10,16H2,1-3H3. The van der Waals surface area contributed by atoms with Crippen molar-refractivity contribution in [1.29, 1.82) is 0 Å². The number of aromatic nitrogens is 2. The highest BCUT2D eigenvalue weighted by atomic mass is 15.2. The van der Waals surface area contributed by atoms with Crippen molar-refractivity contribution in [3.05, 3.63) is 53.0 Å². The van der Waals surface area contributed by atoms with Gasteiger partial charge in [0.15, 0.2) is 0 Å². The Morgan fingerprint density at radius 3 is 2.68 bits per heavy atom. The molecular formula is C15H20N4. The van der Waals surface area contributed by atoms with Crippen molar-refractivity contribution in [2.24, 2.45) is 5.73 Å². The first-order chi connectivity index (χ1) is 9.10. The zero-order valence-corrected chi connectivity index (χ0v) is 11.7. The fourth-order valence-corrected chi connectivity index (χ4v) is 2.14. The van der Waals surface area contributed by atoms with Crippen molar-refractivity contribution >= 4 is 5.82 Å². The predicted octanol–water partition coefficient (Wildman–Crippen LogP) is 2.19. The van der Waals surface area contributed by atoms with Crippen LogP contribution in [0.25, 0.3) is 0 Å². The van der Waals surface area contributed by atoms with Gasteiger partial charge < -0.3 is 10.6 Å². The van der Waals surface area contributed by atoms with E-state index >= 15 is 0 Å².